The Kier molecular flexibility index (Phi) is 3.34. The van der Waals surface area contributed by atoms with E-state index in [1.54, 1.807) is 12.5 Å². The standard InChI is InChI=1S/C17H18N8/c1-2-4-14-13(3-1)20-15(21-14)11-23-7-9-24(10-8-23)16-5-6-18-17-22-19-12-25(16)17/h1-6,12H,7-11H2,(H,20,21). The van der Waals surface area contributed by atoms with Gasteiger partial charge in [-0.25, -0.2) is 9.97 Å². The van der Waals surface area contributed by atoms with Crippen LogP contribution in [0.4, 0.5) is 5.82 Å². The molecule has 1 aliphatic heterocycles. The van der Waals surface area contributed by atoms with Crippen molar-refractivity contribution in [3.8, 4) is 0 Å². The van der Waals surface area contributed by atoms with Crippen LogP contribution in [0.2, 0.25) is 0 Å². The number of H-pyrrole nitrogens is 1. The SMILES string of the molecule is c1ccc2[nH]c(CN3CCN(c4ccnc5nncn45)CC3)nc2c1. The minimum Gasteiger partial charge on any atom is -0.355 e. The predicted octanol–water partition coefficient (Wildman–Crippen LogP) is 1.32. The highest BCUT2D eigenvalue weighted by Gasteiger charge is 2.20. The smallest absolute Gasteiger partial charge is 0.256 e. The average Bonchev–Trinajstić information content (AvgIpc) is 3.28. The van der Waals surface area contributed by atoms with Gasteiger partial charge in [0.2, 0.25) is 0 Å². The van der Waals surface area contributed by atoms with Crippen molar-refractivity contribution in [2.45, 2.75) is 6.54 Å². The van der Waals surface area contributed by atoms with Crippen LogP contribution in [-0.4, -0.2) is 60.6 Å². The Labute approximate surface area is 144 Å². The van der Waals surface area contributed by atoms with Crippen LogP contribution in [0.3, 0.4) is 0 Å². The summed E-state index contributed by atoms with van der Waals surface area (Å²) in [5.74, 6) is 2.76. The number of rotatable bonds is 3. The fraction of sp³-hybridized carbons (Fsp3) is 0.294. The van der Waals surface area contributed by atoms with E-state index in [1.165, 1.54) is 0 Å². The molecule has 1 saturated heterocycles. The van der Waals surface area contributed by atoms with Crippen molar-refractivity contribution >= 4 is 22.6 Å². The number of imidazole rings is 1. The highest BCUT2D eigenvalue weighted by Crippen LogP contribution is 2.18. The molecule has 0 unspecified atom stereocenters. The average molecular weight is 334 g/mol. The first-order valence-corrected chi connectivity index (χ1v) is 8.42. The number of fused-ring (bicyclic) bond motifs is 2. The molecular weight excluding hydrogens is 316 g/mol. The molecule has 1 N–H and O–H groups in total. The molecule has 25 heavy (non-hydrogen) atoms. The van der Waals surface area contributed by atoms with Gasteiger partial charge in [-0.05, 0) is 18.2 Å². The highest BCUT2D eigenvalue weighted by atomic mass is 15.3. The van der Waals surface area contributed by atoms with Crippen molar-refractivity contribution < 1.29 is 0 Å². The molecule has 1 fully saturated rings. The first-order chi connectivity index (χ1) is 12.4. The topological polar surface area (TPSA) is 78.2 Å². The summed E-state index contributed by atoms with van der Waals surface area (Å²) in [6, 6.07) is 10.2. The third kappa shape index (κ3) is 2.60. The molecule has 0 amide bonds. The lowest BCUT2D eigenvalue weighted by molar-refractivity contribution is 0.244. The third-order valence-electron chi connectivity index (χ3n) is 4.70. The summed E-state index contributed by atoms with van der Waals surface area (Å²) in [7, 11) is 0. The van der Waals surface area contributed by atoms with Gasteiger partial charge in [-0.1, -0.05) is 12.1 Å². The molecule has 0 saturated carbocycles. The fourth-order valence-electron chi connectivity index (χ4n) is 3.41. The summed E-state index contributed by atoms with van der Waals surface area (Å²) in [4.78, 5) is 17.1. The first kappa shape index (κ1) is 14.4. The van der Waals surface area contributed by atoms with Crippen molar-refractivity contribution in [1.29, 1.82) is 0 Å². The molecule has 126 valence electrons. The van der Waals surface area contributed by atoms with E-state index in [4.69, 9.17) is 0 Å². The molecule has 4 heterocycles. The van der Waals surface area contributed by atoms with Crippen LogP contribution in [0.25, 0.3) is 16.8 Å². The van der Waals surface area contributed by atoms with Crippen LogP contribution >= 0.6 is 0 Å². The normalized spacial score (nSPS) is 16.1. The van der Waals surface area contributed by atoms with Gasteiger partial charge in [-0.3, -0.25) is 9.30 Å². The maximum absolute atomic E-state index is 4.68. The largest absolute Gasteiger partial charge is 0.355 e. The van der Waals surface area contributed by atoms with E-state index < -0.39 is 0 Å². The second kappa shape index (κ2) is 5.82. The maximum atomic E-state index is 4.68. The Bertz CT molecular complexity index is 979. The van der Waals surface area contributed by atoms with E-state index >= 15 is 0 Å². The Morgan fingerprint density at radius 3 is 2.80 bits per heavy atom. The minimum atomic E-state index is 0.641. The summed E-state index contributed by atoms with van der Waals surface area (Å²) in [5.41, 5.74) is 2.13. The van der Waals surface area contributed by atoms with E-state index in [1.807, 2.05) is 28.7 Å². The summed E-state index contributed by atoms with van der Waals surface area (Å²) >= 11 is 0. The lowest BCUT2D eigenvalue weighted by Crippen LogP contribution is -2.46. The van der Waals surface area contributed by atoms with Gasteiger partial charge in [0.15, 0.2) is 0 Å². The van der Waals surface area contributed by atoms with Gasteiger partial charge in [0.25, 0.3) is 5.78 Å². The molecule has 1 aliphatic rings. The minimum absolute atomic E-state index is 0.641. The number of aromatic amines is 1. The zero-order valence-electron chi connectivity index (χ0n) is 13.7. The van der Waals surface area contributed by atoms with Gasteiger partial charge in [0.05, 0.1) is 17.6 Å². The van der Waals surface area contributed by atoms with Gasteiger partial charge >= 0.3 is 0 Å². The molecule has 0 aliphatic carbocycles. The Balaban J connectivity index is 1.29. The second-order valence-corrected chi connectivity index (χ2v) is 6.27. The van der Waals surface area contributed by atoms with Gasteiger partial charge in [-0.2, -0.15) is 0 Å². The van der Waals surface area contributed by atoms with Crippen LogP contribution in [-0.2, 0) is 6.54 Å². The number of benzene rings is 1. The lowest BCUT2D eigenvalue weighted by Gasteiger charge is -2.35. The maximum Gasteiger partial charge on any atom is 0.256 e. The summed E-state index contributed by atoms with van der Waals surface area (Å²) in [5, 5.41) is 7.97. The molecule has 5 rings (SSSR count). The van der Waals surface area contributed by atoms with Crippen molar-refractivity contribution in [1.82, 2.24) is 34.4 Å². The molecule has 8 heteroatoms. The van der Waals surface area contributed by atoms with Crippen LogP contribution < -0.4 is 4.90 Å². The van der Waals surface area contributed by atoms with E-state index in [0.29, 0.717) is 5.78 Å². The Morgan fingerprint density at radius 2 is 1.92 bits per heavy atom. The quantitative estimate of drug-likeness (QED) is 0.609. The summed E-state index contributed by atoms with van der Waals surface area (Å²) in [6.45, 7) is 4.74. The molecule has 3 aromatic heterocycles. The number of piperazine rings is 1. The van der Waals surface area contributed by atoms with Crippen molar-refractivity contribution in [3.05, 3.63) is 48.7 Å². The zero-order valence-corrected chi connectivity index (χ0v) is 13.7. The van der Waals surface area contributed by atoms with Gasteiger partial charge in [0.1, 0.15) is 18.0 Å². The van der Waals surface area contributed by atoms with Crippen LogP contribution in [0.5, 0.6) is 0 Å². The monoisotopic (exact) mass is 334 g/mol. The number of para-hydroxylation sites is 2. The van der Waals surface area contributed by atoms with Gasteiger partial charge < -0.3 is 9.88 Å². The van der Waals surface area contributed by atoms with Crippen LogP contribution in [0.15, 0.2) is 42.9 Å². The lowest BCUT2D eigenvalue weighted by atomic mass is 10.3. The Morgan fingerprint density at radius 1 is 1.04 bits per heavy atom. The molecule has 8 nitrogen and oxygen atoms in total. The molecule has 1 aromatic carbocycles. The second-order valence-electron chi connectivity index (χ2n) is 6.27. The van der Waals surface area contributed by atoms with E-state index in [2.05, 4.69) is 41.0 Å². The van der Waals surface area contributed by atoms with Crippen molar-refractivity contribution in [2.24, 2.45) is 0 Å². The van der Waals surface area contributed by atoms with Gasteiger partial charge in [-0.15, -0.1) is 10.2 Å². The van der Waals surface area contributed by atoms with Crippen LogP contribution in [0.1, 0.15) is 5.82 Å². The molecule has 0 spiro atoms. The number of aromatic nitrogens is 6. The first-order valence-electron chi connectivity index (χ1n) is 8.42. The van der Waals surface area contributed by atoms with E-state index in [-0.39, 0.29) is 0 Å². The number of hydrogen-bond donors (Lipinski definition) is 1. The molecule has 4 aromatic rings. The fourth-order valence-corrected chi connectivity index (χ4v) is 3.41. The number of hydrogen-bond acceptors (Lipinski definition) is 6. The van der Waals surface area contributed by atoms with E-state index in [9.17, 15) is 0 Å². The molecule has 0 radical (unpaired) electrons. The number of anilines is 1. The number of nitrogens with one attached hydrogen (secondary N) is 1. The molecular formula is C17H18N8. The summed E-state index contributed by atoms with van der Waals surface area (Å²) < 4.78 is 1.94. The number of nitrogens with zero attached hydrogens (tertiary/aromatic N) is 7. The van der Waals surface area contributed by atoms with E-state index in [0.717, 1.165) is 55.4 Å². The molecule has 0 bridgehead atoms. The highest BCUT2D eigenvalue weighted by molar-refractivity contribution is 5.74. The van der Waals surface area contributed by atoms with Crippen molar-refractivity contribution in [2.75, 3.05) is 31.1 Å². The van der Waals surface area contributed by atoms with Crippen molar-refractivity contribution in [3.63, 3.8) is 0 Å². The molecule has 0 atom stereocenters. The van der Waals surface area contributed by atoms with Crippen LogP contribution in [0, 0.1) is 0 Å². The Hall–Kier alpha value is -3.00. The zero-order chi connectivity index (χ0) is 16.6. The summed E-state index contributed by atoms with van der Waals surface area (Å²) in [6.07, 6.45) is 3.51. The predicted molar refractivity (Wildman–Crippen MR) is 94.4 cm³/mol. The van der Waals surface area contributed by atoms with Gasteiger partial charge in [0, 0.05) is 32.4 Å². The third-order valence-corrected chi connectivity index (χ3v) is 4.70.